The van der Waals surface area contributed by atoms with E-state index in [0.717, 1.165) is 19.4 Å². The minimum Gasteiger partial charge on any atom is -0.376 e. The molecule has 0 bridgehead atoms. The molecule has 2 heterocycles. The van der Waals surface area contributed by atoms with Gasteiger partial charge in [-0.15, -0.1) is 0 Å². The molecule has 0 saturated carbocycles. The van der Waals surface area contributed by atoms with Crippen LogP contribution in [0.4, 0.5) is 4.79 Å². The number of carbonyl (C=O) groups excluding carboxylic acids is 1. The van der Waals surface area contributed by atoms with Crippen LogP contribution in [0.25, 0.3) is 0 Å². The van der Waals surface area contributed by atoms with E-state index in [9.17, 15) is 4.79 Å². The summed E-state index contributed by atoms with van der Waals surface area (Å²) in [5, 5.41) is 3.04. The number of amides is 2. The SMILES string of the molecule is C[C@@H]1CN(C(=O)N[C@H](C)[C@@H]2CCCO2)C[C@H](C)O1. The predicted molar refractivity (Wildman–Crippen MR) is 68.5 cm³/mol. The number of rotatable bonds is 2. The van der Waals surface area contributed by atoms with Gasteiger partial charge in [-0.1, -0.05) is 0 Å². The van der Waals surface area contributed by atoms with Gasteiger partial charge >= 0.3 is 6.03 Å². The molecule has 0 aromatic carbocycles. The van der Waals surface area contributed by atoms with Crippen LogP contribution >= 0.6 is 0 Å². The normalized spacial score (nSPS) is 34.4. The van der Waals surface area contributed by atoms with E-state index in [-0.39, 0.29) is 30.4 Å². The summed E-state index contributed by atoms with van der Waals surface area (Å²) in [6, 6.07) is 0.0773. The van der Waals surface area contributed by atoms with Gasteiger partial charge in [0, 0.05) is 19.7 Å². The van der Waals surface area contributed by atoms with Crippen molar-refractivity contribution in [3.8, 4) is 0 Å². The zero-order valence-electron chi connectivity index (χ0n) is 11.5. The average Bonchev–Trinajstić information content (AvgIpc) is 2.80. The summed E-state index contributed by atoms with van der Waals surface area (Å²) in [7, 11) is 0. The fraction of sp³-hybridized carbons (Fsp3) is 0.923. The Morgan fingerprint density at radius 2 is 2.00 bits per heavy atom. The monoisotopic (exact) mass is 256 g/mol. The Hall–Kier alpha value is -0.810. The van der Waals surface area contributed by atoms with Gasteiger partial charge in [0.15, 0.2) is 0 Å². The molecular formula is C13H24N2O3. The van der Waals surface area contributed by atoms with Crippen molar-refractivity contribution >= 4 is 6.03 Å². The third-order valence-corrected chi connectivity index (χ3v) is 3.58. The molecule has 2 saturated heterocycles. The molecule has 0 unspecified atom stereocenters. The molecule has 2 aliphatic heterocycles. The molecule has 5 heteroatoms. The van der Waals surface area contributed by atoms with E-state index >= 15 is 0 Å². The van der Waals surface area contributed by atoms with Crippen molar-refractivity contribution in [2.75, 3.05) is 19.7 Å². The molecule has 2 amide bonds. The third kappa shape index (κ3) is 3.36. The summed E-state index contributed by atoms with van der Waals surface area (Å²) >= 11 is 0. The minimum atomic E-state index is 0. The molecule has 0 aliphatic carbocycles. The molecule has 0 radical (unpaired) electrons. The molecule has 4 atom stereocenters. The molecule has 5 nitrogen and oxygen atoms in total. The maximum absolute atomic E-state index is 12.2. The second-order valence-electron chi connectivity index (χ2n) is 5.45. The number of morpholine rings is 1. The van der Waals surface area contributed by atoms with E-state index in [1.165, 1.54) is 0 Å². The van der Waals surface area contributed by atoms with Gasteiger partial charge in [-0.25, -0.2) is 4.79 Å². The summed E-state index contributed by atoms with van der Waals surface area (Å²) in [6.45, 7) is 8.15. The molecule has 0 spiro atoms. The van der Waals surface area contributed by atoms with Gasteiger partial charge in [-0.3, -0.25) is 0 Å². The van der Waals surface area contributed by atoms with Crippen molar-refractivity contribution in [1.82, 2.24) is 10.2 Å². The minimum absolute atomic E-state index is 0. The smallest absolute Gasteiger partial charge is 0.317 e. The molecule has 0 aromatic rings. The Labute approximate surface area is 109 Å². The number of hydrogen-bond acceptors (Lipinski definition) is 3. The van der Waals surface area contributed by atoms with Gasteiger partial charge in [0.25, 0.3) is 0 Å². The van der Waals surface area contributed by atoms with Gasteiger partial charge in [-0.05, 0) is 33.6 Å². The molecule has 2 fully saturated rings. The zero-order chi connectivity index (χ0) is 13.1. The maximum Gasteiger partial charge on any atom is 0.317 e. The first kappa shape index (κ1) is 13.6. The largest absolute Gasteiger partial charge is 0.376 e. The van der Waals surface area contributed by atoms with E-state index in [1.54, 1.807) is 0 Å². The molecule has 1 N–H and O–H groups in total. The number of hydrogen-bond donors (Lipinski definition) is 1. The van der Waals surface area contributed by atoms with Crippen molar-refractivity contribution in [2.45, 2.75) is 58.0 Å². The number of carbonyl (C=O) groups is 1. The number of nitrogens with zero attached hydrogens (tertiary/aromatic N) is 1. The van der Waals surface area contributed by atoms with E-state index in [1.807, 2.05) is 25.7 Å². The lowest BCUT2D eigenvalue weighted by molar-refractivity contribution is -0.0551. The van der Waals surface area contributed by atoms with Crippen molar-refractivity contribution in [3.63, 3.8) is 0 Å². The van der Waals surface area contributed by atoms with Crippen LogP contribution in [0.1, 0.15) is 33.6 Å². The number of urea groups is 1. The summed E-state index contributed by atoms with van der Waals surface area (Å²) in [5.41, 5.74) is 0. The van der Waals surface area contributed by atoms with Crippen LogP contribution in [-0.2, 0) is 9.47 Å². The molecule has 0 aromatic heterocycles. The van der Waals surface area contributed by atoms with Gasteiger partial charge in [0.1, 0.15) is 0 Å². The van der Waals surface area contributed by atoms with Crippen LogP contribution in [0.5, 0.6) is 0 Å². The first-order valence-corrected chi connectivity index (χ1v) is 6.88. The lowest BCUT2D eigenvalue weighted by atomic mass is 10.1. The standard InChI is InChI=1S/C13H24N2O3/c1-9-7-15(8-10(2)18-9)13(16)14-11(3)12-5-4-6-17-12/h9-12H,4-8H2,1-3H3,(H,14,16)/t9-,10+,11-,12+/m1/s1. The van der Waals surface area contributed by atoms with Crippen LogP contribution in [0.15, 0.2) is 0 Å². The summed E-state index contributed by atoms with van der Waals surface area (Å²) in [5.74, 6) is 0. The van der Waals surface area contributed by atoms with E-state index in [2.05, 4.69) is 5.32 Å². The molecule has 104 valence electrons. The highest BCUT2D eigenvalue weighted by Crippen LogP contribution is 2.16. The Morgan fingerprint density at radius 3 is 2.56 bits per heavy atom. The summed E-state index contributed by atoms with van der Waals surface area (Å²) in [4.78, 5) is 14.0. The number of ether oxygens (including phenoxy) is 2. The van der Waals surface area contributed by atoms with Crippen LogP contribution in [0, 0.1) is 0 Å². The van der Waals surface area contributed by atoms with E-state index in [4.69, 9.17) is 9.47 Å². The maximum atomic E-state index is 12.2. The fourth-order valence-corrected chi connectivity index (χ4v) is 2.72. The first-order valence-electron chi connectivity index (χ1n) is 6.88. The first-order chi connectivity index (χ1) is 8.56. The topological polar surface area (TPSA) is 50.8 Å². The van der Waals surface area contributed by atoms with Gasteiger partial charge < -0.3 is 19.7 Å². The highest BCUT2D eigenvalue weighted by atomic mass is 16.5. The van der Waals surface area contributed by atoms with Crippen molar-refractivity contribution in [1.29, 1.82) is 0 Å². The Kier molecular flexibility index (Phi) is 4.45. The molecule has 2 rings (SSSR count). The highest BCUT2D eigenvalue weighted by molar-refractivity contribution is 5.74. The van der Waals surface area contributed by atoms with E-state index in [0.29, 0.717) is 13.1 Å². The Balaban J connectivity index is 1.83. The van der Waals surface area contributed by atoms with Crippen LogP contribution in [0.3, 0.4) is 0 Å². The lowest BCUT2D eigenvalue weighted by Crippen LogP contribution is -2.54. The highest BCUT2D eigenvalue weighted by Gasteiger charge is 2.29. The second-order valence-corrected chi connectivity index (χ2v) is 5.45. The predicted octanol–water partition coefficient (Wildman–Crippen LogP) is 1.37. The zero-order valence-corrected chi connectivity index (χ0v) is 11.5. The quantitative estimate of drug-likeness (QED) is 0.812. The van der Waals surface area contributed by atoms with Crippen molar-refractivity contribution in [2.24, 2.45) is 0 Å². The Morgan fingerprint density at radius 1 is 1.33 bits per heavy atom. The molecular weight excluding hydrogens is 232 g/mol. The van der Waals surface area contributed by atoms with Gasteiger partial charge in [0.2, 0.25) is 0 Å². The summed E-state index contributed by atoms with van der Waals surface area (Å²) < 4.78 is 11.2. The van der Waals surface area contributed by atoms with Crippen molar-refractivity contribution < 1.29 is 14.3 Å². The van der Waals surface area contributed by atoms with Gasteiger partial charge in [0.05, 0.1) is 24.4 Å². The van der Waals surface area contributed by atoms with Crippen LogP contribution < -0.4 is 5.32 Å². The number of nitrogens with one attached hydrogen (secondary N) is 1. The van der Waals surface area contributed by atoms with Crippen LogP contribution in [-0.4, -0.2) is 55.0 Å². The van der Waals surface area contributed by atoms with E-state index < -0.39 is 0 Å². The lowest BCUT2D eigenvalue weighted by Gasteiger charge is -2.36. The second kappa shape index (κ2) is 5.89. The van der Waals surface area contributed by atoms with Crippen molar-refractivity contribution in [3.05, 3.63) is 0 Å². The fourth-order valence-electron chi connectivity index (χ4n) is 2.72. The average molecular weight is 256 g/mol. The summed E-state index contributed by atoms with van der Waals surface area (Å²) in [6.07, 6.45) is 2.52. The Bertz CT molecular complexity index is 282. The molecule has 2 aliphatic rings. The van der Waals surface area contributed by atoms with Crippen LogP contribution in [0.2, 0.25) is 0 Å². The van der Waals surface area contributed by atoms with Gasteiger partial charge in [-0.2, -0.15) is 0 Å². The third-order valence-electron chi connectivity index (χ3n) is 3.58. The molecule has 18 heavy (non-hydrogen) atoms.